The Kier molecular flexibility index (Phi) is 6.73. The summed E-state index contributed by atoms with van der Waals surface area (Å²) >= 11 is 6.21. The van der Waals surface area contributed by atoms with Gasteiger partial charge in [-0.15, -0.1) is 0 Å². The second-order valence-electron chi connectivity index (χ2n) is 7.82. The summed E-state index contributed by atoms with van der Waals surface area (Å²) in [5.74, 6) is 0.905. The number of halogens is 1. The number of rotatable bonds is 7. The fraction of sp³-hybridized carbons (Fsp3) is 0.360. The van der Waals surface area contributed by atoms with E-state index in [1.165, 1.54) is 0 Å². The number of benzene rings is 2. The number of methoxy groups -OCH3 is 1. The molecule has 1 atom stereocenters. The quantitative estimate of drug-likeness (QED) is 0.490. The second-order valence-corrected chi connectivity index (χ2v) is 8.26. The summed E-state index contributed by atoms with van der Waals surface area (Å²) in [4.78, 5) is 19.6. The van der Waals surface area contributed by atoms with Gasteiger partial charge in [-0.05, 0) is 60.9 Å². The average molecular weight is 439 g/mol. The number of carbonyl (C=O) groups is 1. The minimum atomic E-state index is 0.104. The molecular formula is C25H27ClN2O3. The van der Waals surface area contributed by atoms with E-state index in [4.69, 9.17) is 26.1 Å². The number of aromatic nitrogens is 1. The summed E-state index contributed by atoms with van der Waals surface area (Å²) < 4.78 is 11.1. The van der Waals surface area contributed by atoms with Crippen molar-refractivity contribution in [3.63, 3.8) is 0 Å². The van der Waals surface area contributed by atoms with E-state index in [0.717, 1.165) is 52.9 Å². The molecule has 0 radical (unpaired) electrons. The zero-order valence-electron chi connectivity index (χ0n) is 17.9. The van der Waals surface area contributed by atoms with Crippen LogP contribution >= 0.6 is 11.6 Å². The monoisotopic (exact) mass is 438 g/mol. The average Bonchev–Trinajstić information content (AvgIpc) is 3.31. The first kappa shape index (κ1) is 21.6. The Morgan fingerprint density at radius 3 is 2.71 bits per heavy atom. The Morgan fingerprint density at radius 1 is 1.23 bits per heavy atom. The molecule has 1 aliphatic rings. The number of amides is 1. The molecule has 4 rings (SSSR count). The molecule has 0 unspecified atom stereocenters. The number of hydrogen-bond donors (Lipinski definition) is 0. The molecule has 2 heterocycles. The highest BCUT2D eigenvalue weighted by molar-refractivity contribution is 6.31. The van der Waals surface area contributed by atoms with Crippen molar-refractivity contribution >= 4 is 28.4 Å². The molecule has 5 nitrogen and oxygen atoms in total. The summed E-state index contributed by atoms with van der Waals surface area (Å²) in [6, 6.07) is 15.6. The Bertz CT molecular complexity index is 1060. The molecule has 162 valence electrons. The van der Waals surface area contributed by atoms with Crippen molar-refractivity contribution in [3.8, 4) is 17.0 Å². The SMILES string of the molecule is CCC(=O)N(Cc1cc2ccc(Cl)cc2nc1-c1ccc(OC)cc1)C[C@H]1CCCO1. The van der Waals surface area contributed by atoms with Crippen LogP contribution < -0.4 is 4.74 Å². The molecule has 0 aliphatic carbocycles. The first-order valence-electron chi connectivity index (χ1n) is 10.7. The normalized spacial score (nSPS) is 15.9. The molecule has 2 aromatic carbocycles. The van der Waals surface area contributed by atoms with Crippen molar-refractivity contribution < 1.29 is 14.3 Å². The lowest BCUT2D eigenvalue weighted by Gasteiger charge is -2.26. The van der Waals surface area contributed by atoms with Gasteiger partial charge in [0.2, 0.25) is 5.91 Å². The van der Waals surface area contributed by atoms with Crippen LogP contribution in [0, 0.1) is 0 Å². The maximum absolute atomic E-state index is 12.8. The fourth-order valence-electron chi connectivity index (χ4n) is 4.02. The van der Waals surface area contributed by atoms with E-state index in [-0.39, 0.29) is 12.0 Å². The largest absolute Gasteiger partial charge is 0.497 e. The van der Waals surface area contributed by atoms with Gasteiger partial charge in [-0.3, -0.25) is 4.79 Å². The molecule has 0 saturated carbocycles. The molecule has 1 fully saturated rings. The standard InChI is InChI=1S/C25H27ClN2O3/c1-3-24(29)28(16-22-5-4-12-31-22)15-19-13-18-6-9-20(26)14-23(18)27-25(19)17-7-10-21(30-2)11-8-17/h6-11,13-14,22H,3-5,12,15-16H2,1-2H3/t22-/m1/s1. The zero-order valence-corrected chi connectivity index (χ0v) is 18.7. The Balaban J connectivity index is 1.75. The van der Waals surface area contributed by atoms with Gasteiger partial charge in [-0.1, -0.05) is 24.6 Å². The van der Waals surface area contributed by atoms with Gasteiger partial charge in [0.15, 0.2) is 0 Å². The number of pyridine rings is 1. The lowest BCUT2D eigenvalue weighted by molar-refractivity contribution is -0.133. The molecule has 1 aromatic heterocycles. The summed E-state index contributed by atoms with van der Waals surface area (Å²) in [6.45, 7) is 3.76. The summed E-state index contributed by atoms with van der Waals surface area (Å²) in [6.07, 6.45) is 2.61. The third kappa shape index (κ3) is 5.00. The molecule has 1 saturated heterocycles. The fourth-order valence-corrected chi connectivity index (χ4v) is 4.19. The van der Waals surface area contributed by atoms with E-state index < -0.39 is 0 Å². The van der Waals surface area contributed by atoms with E-state index in [0.29, 0.717) is 24.5 Å². The van der Waals surface area contributed by atoms with Crippen molar-refractivity contribution in [2.75, 3.05) is 20.3 Å². The molecule has 6 heteroatoms. The van der Waals surface area contributed by atoms with E-state index >= 15 is 0 Å². The van der Waals surface area contributed by atoms with Gasteiger partial charge in [0.1, 0.15) is 5.75 Å². The van der Waals surface area contributed by atoms with Gasteiger partial charge in [0.25, 0.3) is 0 Å². The number of fused-ring (bicyclic) bond motifs is 1. The lowest BCUT2D eigenvalue weighted by atomic mass is 10.0. The molecule has 31 heavy (non-hydrogen) atoms. The highest BCUT2D eigenvalue weighted by atomic mass is 35.5. The van der Waals surface area contributed by atoms with Crippen molar-refractivity contribution in [2.24, 2.45) is 0 Å². The minimum Gasteiger partial charge on any atom is -0.497 e. The molecule has 0 bridgehead atoms. The number of carbonyl (C=O) groups excluding carboxylic acids is 1. The van der Waals surface area contributed by atoms with Crippen LogP contribution in [0.5, 0.6) is 5.75 Å². The van der Waals surface area contributed by atoms with Gasteiger partial charge in [-0.2, -0.15) is 0 Å². The van der Waals surface area contributed by atoms with Gasteiger partial charge in [-0.25, -0.2) is 4.98 Å². The maximum Gasteiger partial charge on any atom is 0.222 e. The summed E-state index contributed by atoms with van der Waals surface area (Å²) in [5.41, 5.74) is 3.65. The zero-order chi connectivity index (χ0) is 21.8. The number of hydrogen-bond acceptors (Lipinski definition) is 4. The van der Waals surface area contributed by atoms with Gasteiger partial charge in [0.05, 0.1) is 24.4 Å². The van der Waals surface area contributed by atoms with Gasteiger partial charge >= 0.3 is 0 Å². The molecule has 1 amide bonds. The predicted octanol–water partition coefficient (Wildman–Crippen LogP) is 5.48. The van der Waals surface area contributed by atoms with Crippen molar-refractivity contribution in [2.45, 2.75) is 38.8 Å². The molecule has 1 aliphatic heterocycles. The third-order valence-electron chi connectivity index (χ3n) is 5.69. The Labute approximate surface area is 187 Å². The molecule has 3 aromatic rings. The van der Waals surface area contributed by atoms with Crippen molar-refractivity contribution in [1.29, 1.82) is 0 Å². The van der Waals surface area contributed by atoms with Crippen LogP contribution in [-0.4, -0.2) is 42.2 Å². The van der Waals surface area contributed by atoms with Gasteiger partial charge in [0, 0.05) is 42.1 Å². The highest BCUT2D eigenvalue weighted by Gasteiger charge is 2.23. The minimum absolute atomic E-state index is 0.104. The van der Waals surface area contributed by atoms with Crippen LogP contribution in [0.4, 0.5) is 0 Å². The van der Waals surface area contributed by atoms with Crippen molar-refractivity contribution in [1.82, 2.24) is 9.88 Å². The van der Waals surface area contributed by atoms with E-state index in [9.17, 15) is 4.79 Å². The Hall–Kier alpha value is -2.63. The van der Waals surface area contributed by atoms with Crippen LogP contribution in [0.3, 0.4) is 0 Å². The maximum atomic E-state index is 12.8. The molecule has 0 N–H and O–H groups in total. The first-order chi connectivity index (χ1) is 15.1. The van der Waals surface area contributed by atoms with Crippen LogP contribution in [0.1, 0.15) is 31.7 Å². The van der Waals surface area contributed by atoms with Crippen molar-refractivity contribution in [3.05, 3.63) is 59.1 Å². The first-order valence-corrected chi connectivity index (χ1v) is 11.1. The van der Waals surface area contributed by atoms with E-state index in [1.807, 2.05) is 54.3 Å². The summed E-state index contributed by atoms with van der Waals surface area (Å²) in [5, 5.41) is 1.65. The highest BCUT2D eigenvalue weighted by Crippen LogP contribution is 2.30. The Morgan fingerprint density at radius 2 is 2.03 bits per heavy atom. The lowest BCUT2D eigenvalue weighted by Crippen LogP contribution is -2.36. The smallest absolute Gasteiger partial charge is 0.222 e. The topological polar surface area (TPSA) is 51.7 Å². The van der Waals surface area contributed by atoms with Crippen LogP contribution in [0.15, 0.2) is 48.5 Å². The summed E-state index contributed by atoms with van der Waals surface area (Å²) in [7, 11) is 1.65. The predicted molar refractivity (Wildman–Crippen MR) is 123 cm³/mol. The van der Waals surface area contributed by atoms with Crippen LogP contribution in [0.25, 0.3) is 22.2 Å². The second kappa shape index (κ2) is 9.67. The van der Waals surface area contributed by atoms with Crippen LogP contribution in [0.2, 0.25) is 5.02 Å². The molecule has 0 spiro atoms. The third-order valence-corrected chi connectivity index (χ3v) is 5.92. The van der Waals surface area contributed by atoms with Gasteiger partial charge < -0.3 is 14.4 Å². The number of ether oxygens (including phenoxy) is 2. The molecular weight excluding hydrogens is 412 g/mol. The van der Waals surface area contributed by atoms with E-state index in [1.54, 1.807) is 7.11 Å². The van der Waals surface area contributed by atoms with Crippen LogP contribution in [-0.2, 0) is 16.1 Å². The number of nitrogens with zero attached hydrogens (tertiary/aromatic N) is 2. The van der Waals surface area contributed by atoms with E-state index in [2.05, 4.69) is 6.07 Å².